The lowest BCUT2D eigenvalue weighted by molar-refractivity contribution is -0.159. The quantitative estimate of drug-likeness (QED) is 0.845. The summed E-state index contributed by atoms with van der Waals surface area (Å²) in [5, 5.41) is 11.4. The van der Waals surface area contributed by atoms with Crippen molar-refractivity contribution >= 4 is 27.5 Å². The first-order valence-electron chi connectivity index (χ1n) is 7.44. The van der Waals surface area contributed by atoms with E-state index in [4.69, 9.17) is 21.1 Å². The molecule has 2 atom stereocenters. The highest BCUT2D eigenvalue weighted by Crippen LogP contribution is 2.43. The van der Waals surface area contributed by atoms with E-state index in [2.05, 4.69) is 15.9 Å². The Balaban J connectivity index is 1.76. The Labute approximate surface area is 138 Å². The van der Waals surface area contributed by atoms with Gasteiger partial charge in [-0.15, -0.1) is 0 Å². The summed E-state index contributed by atoms with van der Waals surface area (Å²) in [4.78, 5) is 0. The maximum atomic E-state index is 10.7. The Morgan fingerprint density at radius 3 is 2.76 bits per heavy atom. The van der Waals surface area contributed by atoms with Gasteiger partial charge in [0, 0.05) is 29.3 Å². The van der Waals surface area contributed by atoms with Crippen molar-refractivity contribution in [2.45, 2.75) is 37.4 Å². The number of benzene rings is 1. The van der Waals surface area contributed by atoms with Crippen LogP contribution >= 0.6 is 27.5 Å². The summed E-state index contributed by atoms with van der Waals surface area (Å²) >= 11 is 9.68. The molecule has 1 spiro atoms. The van der Waals surface area contributed by atoms with E-state index in [0.29, 0.717) is 11.6 Å². The Bertz CT molecular complexity index is 497. The van der Waals surface area contributed by atoms with Crippen molar-refractivity contribution in [1.29, 1.82) is 0 Å². The predicted molar refractivity (Wildman–Crippen MR) is 85.6 cm³/mol. The van der Waals surface area contributed by atoms with E-state index in [1.807, 2.05) is 18.2 Å². The van der Waals surface area contributed by atoms with Crippen molar-refractivity contribution in [3.8, 4) is 0 Å². The molecule has 0 radical (unpaired) electrons. The van der Waals surface area contributed by atoms with Gasteiger partial charge in [0.2, 0.25) is 0 Å². The zero-order valence-corrected chi connectivity index (χ0v) is 14.2. The van der Waals surface area contributed by atoms with Crippen LogP contribution in [-0.4, -0.2) is 30.5 Å². The van der Waals surface area contributed by atoms with Gasteiger partial charge in [-0.25, -0.2) is 0 Å². The second-order valence-electron chi connectivity index (χ2n) is 6.01. The summed E-state index contributed by atoms with van der Waals surface area (Å²) in [6, 6.07) is 5.67. The molecular weight excluding hydrogens is 356 g/mol. The minimum Gasteiger partial charge on any atom is -0.388 e. The minimum atomic E-state index is -0.533. The SMILES string of the molecule is OC(c1ccc(Br)cc1Cl)C1CCOC2(CCOCC2)C1. The van der Waals surface area contributed by atoms with E-state index < -0.39 is 6.10 Å². The van der Waals surface area contributed by atoms with Crippen molar-refractivity contribution in [1.82, 2.24) is 0 Å². The topological polar surface area (TPSA) is 38.7 Å². The molecule has 0 saturated carbocycles. The Kier molecular flexibility index (Phi) is 4.91. The van der Waals surface area contributed by atoms with E-state index in [-0.39, 0.29) is 11.5 Å². The zero-order valence-electron chi connectivity index (χ0n) is 11.9. The summed E-state index contributed by atoms with van der Waals surface area (Å²) < 4.78 is 12.4. The molecule has 0 amide bonds. The van der Waals surface area contributed by atoms with E-state index in [9.17, 15) is 5.11 Å². The van der Waals surface area contributed by atoms with Crippen LogP contribution in [0.15, 0.2) is 22.7 Å². The number of ether oxygens (including phenoxy) is 2. The van der Waals surface area contributed by atoms with Gasteiger partial charge in [-0.2, -0.15) is 0 Å². The fraction of sp³-hybridized carbons (Fsp3) is 0.625. The standard InChI is InChI=1S/C16H20BrClO3/c17-12-1-2-13(14(18)9-12)15(19)11-3-6-21-16(10-11)4-7-20-8-5-16/h1-2,9,11,15,19H,3-8,10H2. The molecular formula is C16H20BrClO3. The average molecular weight is 376 g/mol. The van der Waals surface area contributed by atoms with E-state index in [1.165, 1.54) is 0 Å². The zero-order chi connectivity index (χ0) is 14.9. The summed E-state index contributed by atoms with van der Waals surface area (Å²) in [5.41, 5.74) is 0.707. The van der Waals surface area contributed by atoms with Crippen LogP contribution in [0, 0.1) is 5.92 Å². The maximum absolute atomic E-state index is 10.7. The fourth-order valence-corrected chi connectivity index (χ4v) is 4.21. The van der Waals surface area contributed by atoms with Crippen LogP contribution in [0.3, 0.4) is 0 Å². The minimum absolute atomic E-state index is 0.107. The molecule has 0 aliphatic carbocycles. The molecule has 5 heteroatoms. The summed E-state index contributed by atoms with van der Waals surface area (Å²) in [6.45, 7) is 2.21. The molecule has 2 saturated heterocycles. The van der Waals surface area contributed by atoms with Crippen LogP contribution in [0.25, 0.3) is 0 Å². The Morgan fingerprint density at radius 2 is 2.05 bits per heavy atom. The van der Waals surface area contributed by atoms with Gasteiger partial charge >= 0.3 is 0 Å². The molecule has 2 aliphatic heterocycles. The normalized spacial score (nSPS) is 26.7. The van der Waals surface area contributed by atoms with Crippen LogP contribution in [0.1, 0.15) is 37.4 Å². The molecule has 0 aromatic heterocycles. The summed E-state index contributed by atoms with van der Waals surface area (Å²) in [5.74, 6) is 0.190. The van der Waals surface area contributed by atoms with Gasteiger partial charge < -0.3 is 14.6 Å². The van der Waals surface area contributed by atoms with Gasteiger partial charge in [0.25, 0.3) is 0 Å². The highest BCUT2D eigenvalue weighted by molar-refractivity contribution is 9.10. The second kappa shape index (κ2) is 6.55. The molecule has 3 nitrogen and oxygen atoms in total. The molecule has 2 unspecified atom stereocenters. The van der Waals surface area contributed by atoms with E-state index >= 15 is 0 Å². The second-order valence-corrected chi connectivity index (χ2v) is 7.33. The van der Waals surface area contributed by atoms with Crippen LogP contribution < -0.4 is 0 Å². The van der Waals surface area contributed by atoms with Gasteiger partial charge in [0.05, 0.1) is 11.7 Å². The summed E-state index contributed by atoms with van der Waals surface area (Å²) in [6.07, 6.45) is 3.06. The fourth-order valence-electron chi connectivity index (χ4n) is 3.42. The predicted octanol–water partition coefficient (Wildman–Crippen LogP) is 4.11. The third-order valence-electron chi connectivity index (χ3n) is 4.66. The number of aliphatic hydroxyl groups excluding tert-OH is 1. The van der Waals surface area contributed by atoms with Crippen LogP contribution in [0.5, 0.6) is 0 Å². The molecule has 21 heavy (non-hydrogen) atoms. The van der Waals surface area contributed by atoms with Gasteiger partial charge in [0.1, 0.15) is 0 Å². The van der Waals surface area contributed by atoms with Gasteiger partial charge in [0.15, 0.2) is 0 Å². The van der Waals surface area contributed by atoms with Crippen molar-refractivity contribution in [2.24, 2.45) is 5.92 Å². The average Bonchev–Trinajstić information content (AvgIpc) is 2.47. The number of halogens is 2. The number of aliphatic hydroxyl groups is 1. The lowest BCUT2D eigenvalue weighted by atomic mass is 9.77. The van der Waals surface area contributed by atoms with Crippen molar-refractivity contribution < 1.29 is 14.6 Å². The molecule has 3 rings (SSSR count). The van der Waals surface area contributed by atoms with Crippen LogP contribution in [0.2, 0.25) is 5.02 Å². The molecule has 116 valence electrons. The first kappa shape index (κ1) is 15.8. The first-order valence-corrected chi connectivity index (χ1v) is 8.61. The molecule has 2 heterocycles. The Morgan fingerprint density at radius 1 is 1.29 bits per heavy atom. The van der Waals surface area contributed by atoms with Crippen LogP contribution in [-0.2, 0) is 9.47 Å². The van der Waals surface area contributed by atoms with Crippen molar-refractivity contribution in [2.75, 3.05) is 19.8 Å². The van der Waals surface area contributed by atoms with Gasteiger partial charge in [-0.3, -0.25) is 0 Å². The van der Waals surface area contributed by atoms with Gasteiger partial charge in [-0.1, -0.05) is 33.6 Å². The van der Waals surface area contributed by atoms with E-state index in [0.717, 1.165) is 48.9 Å². The molecule has 2 aliphatic rings. The smallest absolute Gasteiger partial charge is 0.0834 e. The molecule has 2 fully saturated rings. The number of hydrogen-bond acceptors (Lipinski definition) is 3. The van der Waals surface area contributed by atoms with Crippen LogP contribution in [0.4, 0.5) is 0 Å². The molecule has 1 N–H and O–H groups in total. The van der Waals surface area contributed by atoms with E-state index in [1.54, 1.807) is 0 Å². The molecule has 1 aromatic carbocycles. The number of hydrogen-bond donors (Lipinski definition) is 1. The lowest BCUT2D eigenvalue weighted by Crippen LogP contribution is -2.45. The highest BCUT2D eigenvalue weighted by atomic mass is 79.9. The van der Waals surface area contributed by atoms with Crippen molar-refractivity contribution in [3.05, 3.63) is 33.3 Å². The monoisotopic (exact) mass is 374 g/mol. The molecule has 0 bridgehead atoms. The third kappa shape index (κ3) is 3.45. The lowest BCUT2D eigenvalue weighted by Gasteiger charge is -2.44. The summed E-state index contributed by atoms with van der Waals surface area (Å²) in [7, 11) is 0. The third-order valence-corrected chi connectivity index (χ3v) is 5.48. The van der Waals surface area contributed by atoms with Gasteiger partial charge in [-0.05, 0) is 49.3 Å². The number of rotatable bonds is 2. The van der Waals surface area contributed by atoms with Crippen molar-refractivity contribution in [3.63, 3.8) is 0 Å². The highest BCUT2D eigenvalue weighted by Gasteiger charge is 2.41. The largest absolute Gasteiger partial charge is 0.388 e. The Hall–Kier alpha value is -0.130. The molecule has 1 aromatic rings. The first-order chi connectivity index (χ1) is 10.1. The maximum Gasteiger partial charge on any atom is 0.0834 e.